The van der Waals surface area contributed by atoms with Crippen molar-refractivity contribution in [2.24, 2.45) is 0 Å². The molecule has 0 spiro atoms. The van der Waals surface area contributed by atoms with E-state index in [9.17, 15) is 4.79 Å². The maximum absolute atomic E-state index is 10.8. The predicted molar refractivity (Wildman–Crippen MR) is 86.2 cm³/mol. The summed E-state index contributed by atoms with van der Waals surface area (Å²) in [6.45, 7) is 0. The van der Waals surface area contributed by atoms with Crippen LogP contribution < -0.4 is 0 Å². The average molecular weight is 334 g/mol. The standard InChI is InChI=1S/C14H10N2O2S3/c17-14(18)12-5-10(8-20-12)19-6-9-7-21-13(16-9)11-3-1-2-4-15-11/h1-5,7-8H,6H2,(H,17,18). The maximum atomic E-state index is 10.8. The van der Waals surface area contributed by atoms with Gasteiger partial charge in [0, 0.05) is 27.6 Å². The first-order valence-electron chi connectivity index (χ1n) is 6.03. The smallest absolute Gasteiger partial charge is 0.345 e. The van der Waals surface area contributed by atoms with Crippen molar-refractivity contribution in [1.82, 2.24) is 9.97 Å². The molecule has 106 valence electrons. The molecule has 3 heterocycles. The van der Waals surface area contributed by atoms with Crippen molar-refractivity contribution in [3.8, 4) is 10.7 Å². The summed E-state index contributed by atoms with van der Waals surface area (Å²) in [5.74, 6) is -0.156. The normalized spacial score (nSPS) is 10.7. The Morgan fingerprint density at radius 3 is 2.90 bits per heavy atom. The Labute approximate surface area is 133 Å². The molecule has 0 aliphatic carbocycles. The van der Waals surface area contributed by atoms with E-state index < -0.39 is 5.97 Å². The molecule has 0 bridgehead atoms. The Morgan fingerprint density at radius 1 is 1.29 bits per heavy atom. The first kappa shape index (κ1) is 14.2. The number of rotatable bonds is 5. The van der Waals surface area contributed by atoms with Gasteiger partial charge in [-0.25, -0.2) is 9.78 Å². The summed E-state index contributed by atoms with van der Waals surface area (Å²) in [6, 6.07) is 7.46. The third kappa shape index (κ3) is 3.49. The summed E-state index contributed by atoms with van der Waals surface area (Å²) in [6.07, 6.45) is 1.75. The summed E-state index contributed by atoms with van der Waals surface area (Å²) in [7, 11) is 0. The first-order chi connectivity index (χ1) is 10.2. The lowest BCUT2D eigenvalue weighted by Gasteiger charge is -1.95. The molecular weight excluding hydrogens is 324 g/mol. The van der Waals surface area contributed by atoms with Crippen molar-refractivity contribution in [2.45, 2.75) is 10.6 Å². The lowest BCUT2D eigenvalue weighted by molar-refractivity contribution is 0.0702. The van der Waals surface area contributed by atoms with Crippen molar-refractivity contribution in [3.63, 3.8) is 0 Å². The SMILES string of the molecule is O=C(O)c1cc(SCc2csc(-c3ccccn3)n2)cs1. The third-order valence-electron chi connectivity index (χ3n) is 2.61. The van der Waals surface area contributed by atoms with Gasteiger partial charge in [0.25, 0.3) is 0 Å². The van der Waals surface area contributed by atoms with Crippen LogP contribution in [-0.4, -0.2) is 21.0 Å². The molecule has 0 aliphatic heterocycles. The van der Waals surface area contributed by atoms with Gasteiger partial charge in [0.05, 0.1) is 11.4 Å². The van der Waals surface area contributed by atoms with Gasteiger partial charge in [-0.05, 0) is 18.2 Å². The number of thioether (sulfide) groups is 1. The molecule has 0 fully saturated rings. The molecule has 3 aromatic rings. The summed E-state index contributed by atoms with van der Waals surface area (Å²) in [4.78, 5) is 21.0. The molecule has 7 heteroatoms. The fourth-order valence-corrected chi connectivity index (χ4v) is 4.31. The van der Waals surface area contributed by atoms with Crippen LogP contribution in [0.1, 0.15) is 15.4 Å². The number of thiophene rings is 1. The van der Waals surface area contributed by atoms with E-state index in [1.54, 1.807) is 35.4 Å². The van der Waals surface area contributed by atoms with Gasteiger partial charge in [-0.2, -0.15) is 0 Å². The van der Waals surface area contributed by atoms with Crippen molar-refractivity contribution in [1.29, 1.82) is 0 Å². The van der Waals surface area contributed by atoms with Crippen molar-refractivity contribution >= 4 is 40.4 Å². The minimum absolute atomic E-state index is 0.366. The lowest BCUT2D eigenvalue weighted by atomic mass is 10.4. The van der Waals surface area contributed by atoms with E-state index in [1.165, 1.54) is 11.3 Å². The number of aromatic carboxylic acids is 1. The molecule has 0 saturated heterocycles. The first-order valence-corrected chi connectivity index (χ1v) is 8.77. The molecule has 1 N–H and O–H groups in total. The summed E-state index contributed by atoms with van der Waals surface area (Å²) in [5.41, 5.74) is 1.86. The highest BCUT2D eigenvalue weighted by Gasteiger charge is 2.09. The molecule has 4 nitrogen and oxygen atoms in total. The monoisotopic (exact) mass is 334 g/mol. The van der Waals surface area contributed by atoms with E-state index in [-0.39, 0.29) is 0 Å². The number of pyridine rings is 1. The molecule has 0 saturated carbocycles. The van der Waals surface area contributed by atoms with Gasteiger partial charge >= 0.3 is 5.97 Å². The van der Waals surface area contributed by atoms with E-state index in [4.69, 9.17) is 5.11 Å². The fourth-order valence-electron chi connectivity index (χ4n) is 1.64. The molecule has 21 heavy (non-hydrogen) atoms. The lowest BCUT2D eigenvalue weighted by Crippen LogP contribution is -1.89. The van der Waals surface area contributed by atoms with Gasteiger partial charge in [0.1, 0.15) is 9.88 Å². The van der Waals surface area contributed by atoms with Gasteiger partial charge in [-0.1, -0.05) is 6.07 Å². The quantitative estimate of drug-likeness (QED) is 0.706. The van der Waals surface area contributed by atoms with Crippen LogP contribution >= 0.6 is 34.4 Å². The number of hydrogen-bond donors (Lipinski definition) is 1. The number of nitrogens with zero attached hydrogens (tertiary/aromatic N) is 2. The Morgan fingerprint density at radius 2 is 2.19 bits per heavy atom. The minimum Gasteiger partial charge on any atom is -0.477 e. The molecule has 3 aromatic heterocycles. The highest BCUT2D eigenvalue weighted by molar-refractivity contribution is 7.98. The van der Waals surface area contributed by atoms with Gasteiger partial charge < -0.3 is 5.11 Å². The largest absolute Gasteiger partial charge is 0.477 e. The van der Waals surface area contributed by atoms with Crippen LogP contribution in [0.2, 0.25) is 0 Å². The minimum atomic E-state index is -0.877. The van der Waals surface area contributed by atoms with Crippen LogP contribution in [0.3, 0.4) is 0 Å². The zero-order valence-electron chi connectivity index (χ0n) is 10.7. The molecule has 0 atom stereocenters. The highest BCUT2D eigenvalue weighted by Crippen LogP contribution is 2.29. The average Bonchev–Trinajstić information content (AvgIpc) is 3.15. The van der Waals surface area contributed by atoms with E-state index >= 15 is 0 Å². The van der Waals surface area contributed by atoms with Crippen LogP contribution in [0.4, 0.5) is 0 Å². The zero-order valence-corrected chi connectivity index (χ0v) is 13.2. The molecular formula is C14H10N2O2S3. The Kier molecular flexibility index (Phi) is 4.33. The molecule has 3 rings (SSSR count). The van der Waals surface area contributed by atoms with Crippen molar-refractivity contribution in [3.05, 3.63) is 51.8 Å². The number of carboxylic acid groups (broad SMARTS) is 1. The molecule has 0 radical (unpaired) electrons. The number of thiazole rings is 1. The van der Waals surface area contributed by atoms with Gasteiger partial charge in [0.15, 0.2) is 0 Å². The molecule has 0 aromatic carbocycles. The number of carbonyl (C=O) groups is 1. The molecule has 0 amide bonds. The van der Waals surface area contributed by atoms with Crippen molar-refractivity contribution in [2.75, 3.05) is 0 Å². The van der Waals surface area contributed by atoms with Crippen molar-refractivity contribution < 1.29 is 9.90 Å². The topological polar surface area (TPSA) is 63.1 Å². The summed E-state index contributed by atoms with van der Waals surface area (Å²) in [5, 5.41) is 13.7. The number of hydrogen-bond acceptors (Lipinski definition) is 6. The molecule has 0 unspecified atom stereocenters. The van der Waals surface area contributed by atoms with E-state index in [1.807, 2.05) is 29.0 Å². The van der Waals surface area contributed by atoms with Crippen LogP contribution in [0.15, 0.2) is 46.1 Å². The predicted octanol–water partition coefficient (Wildman–Crippen LogP) is 4.26. The summed E-state index contributed by atoms with van der Waals surface area (Å²) < 4.78 is 0. The second-order valence-corrected chi connectivity index (χ2v) is 6.92. The Balaban J connectivity index is 1.66. The van der Waals surface area contributed by atoms with E-state index in [2.05, 4.69) is 9.97 Å². The molecule has 0 aliphatic rings. The number of carboxylic acids is 1. The summed E-state index contributed by atoms with van der Waals surface area (Å²) >= 11 is 4.41. The van der Waals surface area contributed by atoms with Crippen LogP contribution in [0, 0.1) is 0 Å². The maximum Gasteiger partial charge on any atom is 0.345 e. The van der Waals surface area contributed by atoms with Crippen LogP contribution in [0.25, 0.3) is 10.7 Å². The third-order valence-corrected chi connectivity index (χ3v) is 5.60. The number of aromatic nitrogens is 2. The highest BCUT2D eigenvalue weighted by atomic mass is 32.2. The fraction of sp³-hybridized carbons (Fsp3) is 0.0714. The Bertz CT molecular complexity index is 752. The van der Waals surface area contributed by atoms with E-state index in [0.717, 1.165) is 27.0 Å². The second-order valence-electron chi connectivity index (χ2n) is 4.10. The Hall–Kier alpha value is -1.70. The van der Waals surface area contributed by atoms with Crippen LogP contribution in [-0.2, 0) is 5.75 Å². The second kappa shape index (κ2) is 6.38. The van der Waals surface area contributed by atoms with Gasteiger partial charge in [-0.3, -0.25) is 4.98 Å². The van der Waals surface area contributed by atoms with Gasteiger partial charge in [-0.15, -0.1) is 34.4 Å². The van der Waals surface area contributed by atoms with Gasteiger partial charge in [0.2, 0.25) is 0 Å². The van der Waals surface area contributed by atoms with E-state index in [0.29, 0.717) is 4.88 Å². The zero-order chi connectivity index (χ0) is 14.7. The van der Waals surface area contributed by atoms with Crippen LogP contribution in [0.5, 0.6) is 0 Å².